The minimum atomic E-state index is 0.0423. The molecule has 2 aliphatic heterocycles. The number of pyridine rings is 1. The van der Waals surface area contributed by atoms with Crippen LogP contribution in [0.2, 0.25) is 0 Å². The maximum absolute atomic E-state index is 13.4. The average Bonchev–Trinajstić information content (AvgIpc) is 3.12. The summed E-state index contributed by atoms with van der Waals surface area (Å²) in [6.07, 6.45) is 4.55. The summed E-state index contributed by atoms with van der Waals surface area (Å²) in [4.78, 5) is 19.9. The molecule has 0 N–H and O–H groups in total. The van der Waals surface area contributed by atoms with Gasteiger partial charge in [-0.15, -0.1) is 10.2 Å². The molecule has 4 heterocycles. The second-order valence-electron chi connectivity index (χ2n) is 6.96. The first-order valence-corrected chi connectivity index (χ1v) is 8.77. The van der Waals surface area contributed by atoms with Crippen LogP contribution in [0.4, 0.5) is 0 Å². The fourth-order valence-corrected chi connectivity index (χ4v) is 4.32. The Bertz CT molecular complexity index is 974. The zero-order valence-electron chi connectivity index (χ0n) is 14.1. The van der Waals surface area contributed by atoms with Crippen LogP contribution < -0.4 is 0 Å². The van der Waals surface area contributed by atoms with E-state index in [4.69, 9.17) is 0 Å². The minimum Gasteiger partial charge on any atom is -0.329 e. The van der Waals surface area contributed by atoms with Gasteiger partial charge in [0.15, 0.2) is 0 Å². The molecule has 0 saturated carbocycles. The number of aromatic nitrogens is 4. The quantitative estimate of drug-likeness (QED) is 0.686. The van der Waals surface area contributed by atoms with Crippen LogP contribution in [0.3, 0.4) is 0 Å². The molecule has 6 nitrogen and oxygen atoms in total. The largest absolute Gasteiger partial charge is 0.329 e. The van der Waals surface area contributed by atoms with Gasteiger partial charge in [-0.2, -0.15) is 0 Å². The van der Waals surface area contributed by atoms with Crippen LogP contribution >= 0.6 is 0 Å². The van der Waals surface area contributed by atoms with Crippen molar-refractivity contribution >= 4 is 16.7 Å². The first kappa shape index (κ1) is 14.6. The van der Waals surface area contributed by atoms with Crippen molar-refractivity contribution in [3.8, 4) is 0 Å². The van der Waals surface area contributed by atoms with Crippen molar-refractivity contribution in [1.29, 1.82) is 0 Å². The van der Waals surface area contributed by atoms with Gasteiger partial charge >= 0.3 is 0 Å². The summed E-state index contributed by atoms with van der Waals surface area (Å²) >= 11 is 0. The third-order valence-electron chi connectivity index (χ3n) is 5.55. The third-order valence-corrected chi connectivity index (χ3v) is 5.55. The van der Waals surface area contributed by atoms with Crippen molar-refractivity contribution in [1.82, 2.24) is 24.6 Å². The predicted molar refractivity (Wildman–Crippen MR) is 93.2 cm³/mol. The molecule has 2 bridgehead atoms. The summed E-state index contributed by atoms with van der Waals surface area (Å²) in [7, 11) is 0. The fourth-order valence-electron chi connectivity index (χ4n) is 4.32. The molecule has 3 aromatic rings. The molecule has 2 aromatic heterocycles. The molecule has 1 fully saturated rings. The van der Waals surface area contributed by atoms with Crippen molar-refractivity contribution < 1.29 is 4.79 Å². The van der Waals surface area contributed by atoms with Gasteiger partial charge in [-0.3, -0.25) is 9.78 Å². The number of rotatable bonds is 1. The summed E-state index contributed by atoms with van der Waals surface area (Å²) in [6, 6.07) is 10.3. The SMILES string of the molecule is Cc1nnc2n1CC1CCC(C2)N1C(=O)c1nccc2ccccc12. The van der Waals surface area contributed by atoms with Crippen molar-refractivity contribution in [2.75, 3.05) is 0 Å². The van der Waals surface area contributed by atoms with E-state index in [0.717, 1.165) is 48.2 Å². The van der Waals surface area contributed by atoms with Gasteiger partial charge in [0.2, 0.25) is 0 Å². The lowest BCUT2D eigenvalue weighted by molar-refractivity contribution is 0.0661. The molecule has 2 aliphatic rings. The smallest absolute Gasteiger partial charge is 0.273 e. The van der Waals surface area contributed by atoms with Gasteiger partial charge in [-0.1, -0.05) is 24.3 Å². The molecule has 2 unspecified atom stereocenters. The Balaban J connectivity index is 1.56. The molecule has 1 saturated heterocycles. The molecule has 0 radical (unpaired) electrons. The number of hydrogen-bond acceptors (Lipinski definition) is 4. The summed E-state index contributed by atoms with van der Waals surface area (Å²) in [6.45, 7) is 2.76. The van der Waals surface area contributed by atoms with E-state index in [9.17, 15) is 4.79 Å². The Morgan fingerprint density at radius 3 is 2.88 bits per heavy atom. The Morgan fingerprint density at radius 1 is 1.12 bits per heavy atom. The topological polar surface area (TPSA) is 63.9 Å². The Morgan fingerprint density at radius 2 is 1.96 bits per heavy atom. The first-order valence-electron chi connectivity index (χ1n) is 8.77. The number of amides is 1. The van der Waals surface area contributed by atoms with Crippen molar-refractivity contribution in [3.05, 3.63) is 53.9 Å². The monoisotopic (exact) mass is 333 g/mol. The van der Waals surface area contributed by atoms with E-state index in [1.165, 1.54) is 0 Å². The van der Waals surface area contributed by atoms with Crippen molar-refractivity contribution in [3.63, 3.8) is 0 Å². The standard InChI is InChI=1S/C19H19N5O/c1-12-21-22-17-10-14-6-7-15(11-23(12)17)24(14)19(25)18-16-5-3-2-4-13(16)8-9-20-18/h2-5,8-9,14-15H,6-7,10-11H2,1H3. The van der Waals surface area contributed by atoms with Crippen LogP contribution in [0.25, 0.3) is 10.8 Å². The lowest BCUT2D eigenvalue weighted by atomic mass is 10.1. The summed E-state index contributed by atoms with van der Waals surface area (Å²) in [5.74, 6) is 1.97. The normalized spacial score (nSPS) is 22.0. The molecule has 5 rings (SSSR count). The molecule has 25 heavy (non-hydrogen) atoms. The highest BCUT2D eigenvalue weighted by Crippen LogP contribution is 2.33. The van der Waals surface area contributed by atoms with E-state index in [-0.39, 0.29) is 18.0 Å². The average molecular weight is 333 g/mol. The number of nitrogens with zero attached hydrogens (tertiary/aromatic N) is 5. The van der Waals surface area contributed by atoms with Crippen LogP contribution in [-0.4, -0.2) is 42.6 Å². The molecule has 1 amide bonds. The Hall–Kier alpha value is -2.76. The molecule has 6 heteroatoms. The van der Waals surface area contributed by atoms with Gasteiger partial charge in [0.25, 0.3) is 5.91 Å². The third kappa shape index (κ3) is 2.17. The van der Waals surface area contributed by atoms with Crippen LogP contribution in [0.1, 0.15) is 35.0 Å². The summed E-state index contributed by atoms with van der Waals surface area (Å²) < 4.78 is 2.17. The first-order chi connectivity index (χ1) is 12.2. The number of carbonyl (C=O) groups excluding carboxylic acids is 1. The van der Waals surface area contributed by atoms with Crippen LogP contribution in [0, 0.1) is 6.92 Å². The van der Waals surface area contributed by atoms with E-state index in [0.29, 0.717) is 5.69 Å². The van der Waals surface area contributed by atoms with Crippen LogP contribution in [-0.2, 0) is 13.0 Å². The number of fused-ring (bicyclic) bond motifs is 4. The van der Waals surface area contributed by atoms with E-state index in [2.05, 4.69) is 24.6 Å². The highest BCUT2D eigenvalue weighted by Gasteiger charge is 2.41. The minimum absolute atomic E-state index is 0.0423. The second kappa shape index (κ2) is 5.37. The molecule has 1 aromatic carbocycles. The Labute approximate surface area is 145 Å². The molecule has 126 valence electrons. The van der Waals surface area contributed by atoms with Gasteiger partial charge in [-0.05, 0) is 31.2 Å². The molecular formula is C19H19N5O. The maximum atomic E-state index is 13.4. The van der Waals surface area contributed by atoms with Gasteiger partial charge in [0.1, 0.15) is 17.3 Å². The number of benzene rings is 1. The number of aryl methyl sites for hydroxylation is 1. The zero-order valence-corrected chi connectivity index (χ0v) is 14.1. The van der Waals surface area contributed by atoms with Gasteiger partial charge in [0.05, 0.1) is 6.04 Å². The molecular weight excluding hydrogens is 314 g/mol. The van der Waals surface area contributed by atoms with E-state index >= 15 is 0 Å². The van der Waals surface area contributed by atoms with Crippen molar-refractivity contribution in [2.24, 2.45) is 0 Å². The molecule has 0 aliphatic carbocycles. The van der Waals surface area contributed by atoms with Crippen LogP contribution in [0.15, 0.2) is 36.5 Å². The maximum Gasteiger partial charge on any atom is 0.273 e. The van der Waals surface area contributed by atoms with E-state index in [1.54, 1.807) is 6.20 Å². The molecule has 0 spiro atoms. The van der Waals surface area contributed by atoms with Gasteiger partial charge in [-0.25, -0.2) is 0 Å². The predicted octanol–water partition coefficient (Wildman–Crippen LogP) is 2.36. The Kier molecular flexibility index (Phi) is 3.13. The second-order valence-corrected chi connectivity index (χ2v) is 6.96. The van der Waals surface area contributed by atoms with Crippen LogP contribution in [0.5, 0.6) is 0 Å². The highest BCUT2D eigenvalue weighted by atomic mass is 16.2. The highest BCUT2D eigenvalue weighted by molar-refractivity contribution is 6.05. The van der Waals surface area contributed by atoms with Gasteiger partial charge in [0, 0.05) is 30.6 Å². The molecule has 2 atom stereocenters. The lowest BCUT2D eigenvalue weighted by Gasteiger charge is -2.28. The zero-order chi connectivity index (χ0) is 17.0. The summed E-state index contributed by atoms with van der Waals surface area (Å²) in [5, 5.41) is 10.5. The van der Waals surface area contributed by atoms with Gasteiger partial charge < -0.3 is 9.47 Å². The summed E-state index contributed by atoms with van der Waals surface area (Å²) in [5.41, 5.74) is 0.560. The van der Waals surface area contributed by atoms with E-state index in [1.807, 2.05) is 37.3 Å². The number of carbonyl (C=O) groups is 1. The lowest BCUT2D eigenvalue weighted by Crippen LogP contribution is -2.42. The van der Waals surface area contributed by atoms with E-state index < -0.39 is 0 Å². The fraction of sp³-hybridized carbons (Fsp3) is 0.368. The number of hydrogen-bond donors (Lipinski definition) is 0. The van der Waals surface area contributed by atoms with Crippen molar-refractivity contribution in [2.45, 2.75) is 44.8 Å².